The molecule has 0 aliphatic carbocycles. The van der Waals surface area contributed by atoms with Crippen molar-refractivity contribution in [1.82, 2.24) is 9.80 Å². The van der Waals surface area contributed by atoms with E-state index in [0.29, 0.717) is 11.4 Å². The molecule has 4 rings (SSSR count). The zero-order valence-corrected chi connectivity index (χ0v) is 16.4. The molecule has 28 heavy (non-hydrogen) atoms. The molecule has 1 N–H and O–H groups in total. The molecule has 2 aromatic rings. The van der Waals surface area contributed by atoms with Crippen molar-refractivity contribution in [2.24, 2.45) is 4.99 Å². The first-order valence-corrected chi connectivity index (χ1v) is 10.3. The average Bonchev–Trinajstić information content (AvgIpc) is 3.10. The molecule has 0 unspecified atom stereocenters. The van der Waals surface area contributed by atoms with Gasteiger partial charge in [0.1, 0.15) is 0 Å². The first-order valence-electron chi connectivity index (χ1n) is 9.49. The number of hydrogen-bond donors (Lipinski definition) is 1. The summed E-state index contributed by atoms with van der Waals surface area (Å²) in [6, 6.07) is 18.5. The number of amides is 1. The number of thioether (sulfide) groups is 1. The first-order chi connectivity index (χ1) is 13.7. The SMILES string of the molecule is O=C1N=C(N2CCN(CCO)CC2)SC1=Cc1ccc(-c2ccccc2)cc1. The maximum atomic E-state index is 12.3. The number of nitrogens with zero attached hydrogens (tertiary/aromatic N) is 3. The van der Waals surface area contributed by atoms with Crippen molar-refractivity contribution in [2.75, 3.05) is 39.3 Å². The molecular formula is C22H23N3O2S. The fourth-order valence-electron chi connectivity index (χ4n) is 3.39. The van der Waals surface area contributed by atoms with Crippen LogP contribution in [0.1, 0.15) is 5.56 Å². The second-order valence-corrected chi connectivity index (χ2v) is 7.86. The summed E-state index contributed by atoms with van der Waals surface area (Å²) >= 11 is 1.45. The summed E-state index contributed by atoms with van der Waals surface area (Å²) in [5.74, 6) is -0.162. The molecule has 2 aliphatic rings. The molecule has 1 amide bonds. The van der Waals surface area contributed by atoms with E-state index in [1.807, 2.05) is 36.4 Å². The highest BCUT2D eigenvalue weighted by Gasteiger charge is 2.28. The molecule has 0 aromatic heterocycles. The quantitative estimate of drug-likeness (QED) is 0.810. The van der Waals surface area contributed by atoms with Gasteiger partial charge in [0.25, 0.3) is 5.91 Å². The van der Waals surface area contributed by atoms with Crippen LogP contribution in [0.25, 0.3) is 17.2 Å². The van der Waals surface area contributed by atoms with Gasteiger partial charge >= 0.3 is 0 Å². The van der Waals surface area contributed by atoms with Crippen LogP contribution in [0.4, 0.5) is 0 Å². The molecular weight excluding hydrogens is 370 g/mol. The van der Waals surface area contributed by atoms with Crippen LogP contribution in [0.2, 0.25) is 0 Å². The Hall–Kier alpha value is -2.41. The van der Waals surface area contributed by atoms with Crippen LogP contribution in [-0.2, 0) is 4.79 Å². The summed E-state index contributed by atoms with van der Waals surface area (Å²) in [6.07, 6.45) is 1.92. The van der Waals surface area contributed by atoms with Gasteiger partial charge in [0.15, 0.2) is 5.17 Å². The summed E-state index contributed by atoms with van der Waals surface area (Å²) in [6.45, 7) is 4.32. The molecule has 0 bridgehead atoms. The van der Waals surface area contributed by atoms with Gasteiger partial charge in [-0.05, 0) is 34.5 Å². The highest BCUT2D eigenvalue weighted by molar-refractivity contribution is 8.18. The molecule has 2 aliphatic heterocycles. The van der Waals surface area contributed by atoms with Crippen molar-refractivity contribution in [1.29, 1.82) is 0 Å². The Bertz CT molecular complexity index is 886. The van der Waals surface area contributed by atoms with Crippen molar-refractivity contribution in [3.63, 3.8) is 0 Å². The number of benzene rings is 2. The van der Waals surface area contributed by atoms with Gasteiger partial charge < -0.3 is 10.0 Å². The smallest absolute Gasteiger partial charge is 0.286 e. The lowest BCUT2D eigenvalue weighted by molar-refractivity contribution is -0.113. The Labute approximate surface area is 169 Å². The number of carbonyl (C=O) groups excluding carboxylic acids is 1. The number of aliphatic hydroxyl groups excluding tert-OH is 1. The van der Waals surface area contributed by atoms with Crippen molar-refractivity contribution in [3.05, 3.63) is 65.1 Å². The van der Waals surface area contributed by atoms with Gasteiger partial charge in [-0.1, -0.05) is 54.6 Å². The van der Waals surface area contributed by atoms with E-state index in [1.54, 1.807) is 0 Å². The summed E-state index contributed by atoms with van der Waals surface area (Å²) < 4.78 is 0. The van der Waals surface area contributed by atoms with E-state index in [1.165, 1.54) is 17.3 Å². The number of rotatable bonds is 4. The van der Waals surface area contributed by atoms with Crippen LogP contribution in [0.3, 0.4) is 0 Å². The molecule has 1 saturated heterocycles. The number of hydrogen-bond acceptors (Lipinski definition) is 5. The average molecular weight is 394 g/mol. The second-order valence-electron chi connectivity index (χ2n) is 6.85. The summed E-state index contributed by atoms with van der Waals surface area (Å²) in [5.41, 5.74) is 3.34. The van der Waals surface area contributed by atoms with Crippen molar-refractivity contribution >= 4 is 28.9 Å². The van der Waals surface area contributed by atoms with Crippen LogP contribution in [0.15, 0.2) is 64.5 Å². The third-order valence-electron chi connectivity index (χ3n) is 4.98. The summed E-state index contributed by atoms with van der Waals surface area (Å²) in [4.78, 5) is 21.7. The number of carbonyl (C=O) groups is 1. The highest BCUT2D eigenvalue weighted by Crippen LogP contribution is 2.31. The van der Waals surface area contributed by atoms with E-state index < -0.39 is 0 Å². The number of aliphatic hydroxyl groups is 1. The minimum Gasteiger partial charge on any atom is -0.395 e. The van der Waals surface area contributed by atoms with E-state index >= 15 is 0 Å². The fourth-order valence-corrected chi connectivity index (χ4v) is 4.36. The van der Waals surface area contributed by atoms with Crippen molar-refractivity contribution in [2.45, 2.75) is 0 Å². The molecule has 0 saturated carbocycles. The van der Waals surface area contributed by atoms with Gasteiger partial charge in [0, 0.05) is 32.7 Å². The summed E-state index contributed by atoms with van der Waals surface area (Å²) in [5, 5.41) is 9.84. The van der Waals surface area contributed by atoms with Crippen molar-refractivity contribution < 1.29 is 9.90 Å². The third kappa shape index (κ3) is 4.35. The minimum absolute atomic E-state index is 0.162. The lowest BCUT2D eigenvalue weighted by Crippen LogP contribution is -2.48. The molecule has 1 fully saturated rings. The lowest BCUT2D eigenvalue weighted by Gasteiger charge is -2.34. The van der Waals surface area contributed by atoms with E-state index in [2.05, 4.69) is 39.1 Å². The number of piperazine rings is 1. The van der Waals surface area contributed by atoms with Crippen molar-refractivity contribution in [3.8, 4) is 11.1 Å². The second kappa shape index (κ2) is 8.73. The van der Waals surface area contributed by atoms with Gasteiger partial charge in [-0.15, -0.1) is 0 Å². The van der Waals surface area contributed by atoms with E-state index in [0.717, 1.165) is 42.5 Å². The largest absolute Gasteiger partial charge is 0.395 e. The Morgan fingerprint density at radius 2 is 1.64 bits per heavy atom. The van der Waals surface area contributed by atoms with E-state index in [4.69, 9.17) is 5.11 Å². The van der Waals surface area contributed by atoms with Gasteiger partial charge in [0.2, 0.25) is 0 Å². The molecule has 6 heteroatoms. The maximum Gasteiger partial charge on any atom is 0.286 e. The Kier molecular flexibility index (Phi) is 5.90. The van der Waals surface area contributed by atoms with Gasteiger partial charge in [0.05, 0.1) is 11.5 Å². The fraction of sp³-hybridized carbons (Fsp3) is 0.273. The van der Waals surface area contributed by atoms with Gasteiger partial charge in [-0.3, -0.25) is 9.69 Å². The Morgan fingerprint density at radius 3 is 2.32 bits per heavy atom. The molecule has 5 nitrogen and oxygen atoms in total. The predicted octanol–water partition coefficient (Wildman–Crippen LogP) is 2.93. The minimum atomic E-state index is -0.162. The van der Waals surface area contributed by atoms with Crippen LogP contribution in [-0.4, -0.2) is 65.3 Å². The highest BCUT2D eigenvalue weighted by atomic mass is 32.2. The topological polar surface area (TPSA) is 56.1 Å². The van der Waals surface area contributed by atoms with Gasteiger partial charge in [-0.25, -0.2) is 0 Å². The summed E-state index contributed by atoms with van der Waals surface area (Å²) in [7, 11) is 0. The predicted molar refractivity (Wildman–Crippen MR) is 115 cm³/mol. The molecule has 0 spiro atoms. The first kappa shape index (κ1) is 18.9. The molecule has 0 radical (unpaired) electrons. The normalized spacial score (nSPS) is 19.3. The number of amidine groups is 1. The standard InChI is InChI=1S/C22H23N3O2S/c26-15-14-24-10-12-25(13-11-24)22-23-21(27)20(28-22)16-17-6-8-19(9-7-17)18-4-2-1-3-5-18/h1-9,16,26H,10-15H2. The van der Waals surface area contributed by atoms with E-state index in [9.17, 15) is 4.79 Å². The Balaban J connectivity index is 1.41. The molecule has 2 aromatic carbocycles. The molecule has 2 heterocycles. The van der Waals surface area contributed by atoms with Crippen LogP contribution < -0.4 is 0 Å². The van der Waals surface area contributed by atoms with Crippen LogP contribution in [0.5, 0.6) is 0 Å². The van der Waals surface area contributed by atoms with Crippen LogP contribution in [0, 0.1) is 0 Å². The zero-order valence-electron chi connectivity index (χ0n) is 15.6. The molecule has 144 valence electrons. The Morgan fingerprint density at radius 1 is 0.964 bits per heavy atom. The monoisotopic (exact) mass is 393 g/mol. The van der Waals surface area contributed by atoms with Gasteiger partial charge in [-0.2, -0.15) is 4.99 Å². The van der Waals surface area contributed by atoms with Crippen LogP contribution >= 0.6 is 11.8 Å². The lowest BCUT2D eigenvalue weighted by atomic mass is 10.0. The third-order valence-corrected chi connectivity index (χ3v) is 6.03. The maximum absolute atomic E-state index is 12.3. The number of β-amino-alcohol motifs (C(OH)–C–C–N with tert-alkyl or cyclic N) is 1. The van der Waals surface area contributed by atoms with E-state index in [-0.39, 0.29) is 12.5 Å². The zero-order chi connectivity index (χ0) is 19.3. The molecule has 0 atom stereocenters. The number of aliphatic imine (C=N–C) groups is 1.